The number of rotatable bonds is 2. The maximum Gasteiger partial charge on any atom is 0.0733 e. The molecule has 0 spiro atoms. The standard InChI is InChI=1S/C17H23NO/c1-2-4-12(5-3-1)14-8-9-16-15(10-14)18-11-17(19-16)13-6-7-13/h1-5,13-18H,6-11H2. The summed E-state index contributed by atoms with van der Waals surface area (Å²) in [6, 6.07) is 11.6. The van der Waals surface area contributed by atoms with Gasteiger partial charge in [0.1, 0.15) is 0 Å². The van der Waals surface area contributed by atoms with E-state index in [0.29, 0.717) is 18.2 Å². The highest BCUT2D eigenvalue weighted by Crippen LogP contribution is 2.40. The van der Waals surface area contributed by atoms with Crippen LogP contribution in [0.5, 0.6) is 0 Å². The van der Waals surface area contributed by atoms with Gasteiger partial charge in [-0.2, -0.15) is 0 Å². The maximum atomic E-state index is 6.34. The van der Waals surface area contributed by atoms with E-state index in [9.17, 15) is 0 Å². The van der Waals surface area contributed by atoms with Gasteiger partial charge in [0, 0.05) is 12.6 Å². The minimum absolute atomic E-state index is 0.472. The lowest BCUT2D eigenvalue weighted by Gasteiger charge is -2.43. The first-order valence-electron chi connectivity index (χ1n) is 7.84. The fraction of sp³-hybridized carbons (Fsp3) is 0.647. The molecule has 4 unspecified atom stereocenters. The third-order valence-electron chi connectivity index (χ3n) is 5.14. The average molecular weight is 257 g/mol. The predicted molar refractivity (Wildman–Crippen MR) is 76.2 cm³/mol. The molecule has 1 saturated heterocycles. The van der Waals surface area contributed by atoms with Crippen LogP contribution in [0.15, 0.2) is 30.3 Å². The summed E-state index contributed by atoms with van der Waals surface area (Å²) >= 11 is 0. The molecule has 4 rings (SSSR count). The molecule has 4 atom stereocenters. The van der Waals surface area contributed by atoms with E-state index in [-0.39, 0.29) is 0 Å². The number of ether oxygens (including phenoxy) is 1. The van der Waals surface area contributed by atoms with Gasteiger partial charge >= 0.3 is 0 Å². The van der Waals surface area contributed by atoms with Crippen molar-refractivity contribution in [2.45, 2.75) is 56.3 Å². The molecule has 0 aromatic heterocycles. The fourth-order valence-electron chi connectivity index (χ4n) is 3.83. The van der Waals surface area contributed by atoms with Crippen LogP contribution in [0.25, 0.3) is 0 Å². The van der Waals surface area contributed by atoms with E-state index in [0.717, 1.165) is 18.4 Å². The maximum absolute atomic E-state index is 6.34. The summed E-state index contributed by atoms with van der Waals surface area (Å²) in [7, 11) is 0. The van der Waals surface area contributed by atoms with Crippen LogP contribution in [0.2, 0.25) is 0 Å². The lowest BCUT2D eigenvalue weighted by atomic mass is 9.79. The van der Waals surface area contributed by atoms with Crippen LogP contribution in [0.3, 0.4) is 0 Å². The Kier molecular flexibility index (Phi) is 3.08. The van der Waals surface area contributed by atoms with Gasteiger partial charge in [0.2, 0.25) is 0 Å². The molecule has 1 aromatic carbocycles. The Balaban J connectivity index is 1.41. The van der Waals surface area contributed by atoms with E-state index in [1.807, 2.05) is 0 Å². The first-order valence-corrected chi connectivity index (χ1v) is 7.84. The van der Waals surface area contributed by atoms with Crippen LogP contribution in [0.4, 0.5) is 0 Å². The molecule has 1 heterocycles. The smallest absolute Gasteiger partial charge is 0.0733 e. The van der Waals surface area contributed by atoms with Crippen molar-refractivity contribution < 1.29 is 4.74 Å². The van der Waals surface area contributed by atoms with Gasteiger partial charge < -0.3 is 10.1 Å². The molecule has 102 valence electrons. The molecule has 3 fully saturated rings. The van der Waals surface area contributed by atoms with Crippen LogP contribution in [-0.4, -0.2) is 24.8 Å². The van der Waals surface area contributed by atoms with Crippen molar-refractivity contribution in [3.05, 3.63) is 35.9 Å². The summed E-state index contributed by atoms with van der Waals surface area (Å²) in [6.07, 6.45) is 7.50. The third kappa shape index (κ3) is 2.44. The van der Waals surface area contributed by atoms with E-state index in [1.54, 1.807) is 0 Å². The Morgan fingerprint density at radius 2 is 1.79 bits per heavy atom. The lowest BCUT2D eigenvalue weighted by molar-refractivity contribution is -0.0884. The van der Waals surface area contributed by atoms with Crippen LogP contribution >= 0.6 is 0 Å². The number of fused-ring (bicyclic) bond motifs is 1. The Hall–Kier alpha value is -0.860. The predicted octanol–water partition coefficient (Wildman–Crippen LogP) is 3.09. The van der Waals surface area contributed by atoms with Crippen molar-refractivity contribution in [3.8, 4) is 0 Å². The third-order valence-corrected chi connectivity index (χ3v) is 5.14. The molecule has 2 nitrogen and oxygen atoms in total. The largest absolute Gasteiger partial charge is 0.372 e. The zero-order valence-corrected chi connectivity index (χ0v) is 11.4. The van der Waals surface area contributed by atoms with E-state index in [4.69, 9.17) is 4.74 Å². The van der Waals surface area contributed by atoms with Gasteiger partial charge in [0.05, 0.1) is 12.2 Å². The second-order valence-electron chi connectivity index (χ2n) is 6.49. The molecular weight excluding hydrogens is 234 g/mol. The summed E-state index contributed by atoms with van der Waals surface area (Å²) in [5.74, 6) is 1.58. The summed E-state index contributed by atoms with van der Waals surface area (Å²) < 4.78 is 6.34. The number of hydrogen-bond acceptors (Lipinski definition) is 2. The molecule has 1 N–H and O–H groups in total. The van der Waals surface area contributed by atoms with Gasteiger partial charge in [0.15, 0.2) is 0 Å². The van der Waals surface area contributed by atoms with Crippen molar-refractivity contribution >= 4 is 0 Å². The molecule has 3 aliphatic rings. The highest BCUT2D eigenvalue weighted by Gasteiger charge is 2.41. The highest BCUT2D eigenvalue weighted by molar-refractivity contribution is 5.21. The number of morpholine rings is 1. The molecule has 1 aliphatic heterocycles. The first kappa shape index (κ1) is 11.9. The highest BCUT2D eigenvalue weighted by atomic mass is 16.5. The first-order chi connectivity index (χ1) is 9.40. The van der Waals surface area contributed by atoms with Crippen LogP contribution in [0, 0.1) is 5.92 Å². The minimum atomic E-state index is 0.472. The van der Waals surface area contributed by atoms with Crippen LogP contribution in [-0.2, 0) is 4.74 Å². The SMILES string of the molecule is c1ccc(C2CCC3OC(C4CC4)CNC3C2)cc1. The summed E-state index contributed by atoms with van der Waals surface area (Å²) in [6.45, 7) is 1.08. The molecule has 2 heteroatoms. The van der Waals surface area contributed by atoms with Crippen LogP contribution < -0.4 is 5.32 Å². The Labute approximate surface area is 115 Å². The molecule has 19 heavy (non-hydrogen) atoms. The fourth-order valence-corrected chi connectivity index (χ4v) is 3.83. The molecule has 2 saturated carbocycles. The van der Waals surface area contributed by atoms with Gasteiger partial charge in [-0.1, -0.05) is 30.3 Å². The number of benzene rings is 1. The normalized spacial score (nSPS) is 38.7. The average Bonchev–Trinajstić information content (AvgIpc) is 3.32. The minimum Gasteiger partial charge on any atom is -0.372 e. The van der Waals surface area contributed by atoms with Gasteiger partial charge in [-0.15, -0.1) is 0 Å². The van der Waals surface area contributed by atoms with Crippen molar-refractivity contribution in [2.24, 2.45) is 5.92 Å². The van der Waals surface area contributed by atoms with Crippen molar-refractivity contribution in [1.29, 1.82) is 0 Å². The van der Waals surface area contributed by atoms with E-state index >= 15 is 0 Å². The van der Waals surface area contributed by atoms with Crippen molar-refractivity contribution in [2.75, 3.05) is 6.54 Å². The molecular formula is C17H23NO. The van der Waals surface area contributed by atoms with Crippen molar-refractivity contribution in [3.63, 3.8) is 0 Å². The Morgan fingerprint density at radius 3 is 2.58 bits per heavy atom. The second kappa shape index (κ2) is 4.92. The summed E-state index contributed by atoms with van der Waals surface area (Å²) in [5.41, 5.74) is 1.51. The van der Waals surface area contributed by atoms with Gasteiger partial charge in [-0.05, 0) is 49.5 Å². The molecule has 1 aromatic rings. The van der Waals surface area contributed by atoms with Gasteiger partial charge in [-0.3, -0.25) is 0 Å². The summed E-state index contributed by atoms with van der Waals surface area (Å²) in [5, 5.41) is 3.77. The Bertz CT molecular complexity index is 428. The molecule has 0 radical (unpaired) electrons. The van der Waals surface area contributed by atoms with Crippen molar-refractivity contribution in [1.82, 2.24) is 5.32 Å². The quantitative estimate of drug-likeness (QED) is 0.879. The zero-order valence-electron chi connectivity index (χ0n) is 11.4. The Morgan fingerprint density at radius 1 is 0.947 bits per heavy atom. The lowest BCUT2D eigenvalue weighted by Crippen LogP contribution is -2.55. The van der Waals surface area contributed by atoms with E-state index in [2.05, 4.69) is 35.6 Å². The van der Waals surface area contributed by atoms with E-state index in [1.165, 1.54) is 37.7 Å². The van der Waals surface area contributed by atoms with Crippen LogP contribution in [0.1, 0.15) is 43.6 Å². The monoisotopic (exact) mass is 257 g/mol. The zero-order chi connectivity index (χ0) is 12.7. The van der Waals surface area contributed by atoms with Gasteiger partial charge in [0.25, 0.3) is 0 Å². The second-order valence-corrected chi connectivity index (χ2v) is 6.49. The number of hydrogen-bond donors (Lipinski definition) is 1. The molecule has 0 bridgehead atoms. The van der Waals surface area contributed by atoms with Gasteiger partial charge in [-0.25, -0.2) is 0 Å². The topological polar surface area (TPSA) is 21.3 Å². The van der Waals surface area contributed by atoms with E-state index < -0.39 is 0 Å². The number of nitrogens with one attached hydrogen (secondary N) is 1. The summed E-state index contributed by atoms with van der Waals surface area (Å²) in [4.78, 5) is 0. The molecule has 0 amide bonds. The molecule has 2 aliphatic carbocycles.